The molecule has 1 aromatic rings. The summed E-state index contributed by atoms with van der Waals surface area (Å²) in [6.45, 7) is 3.42. The van der Waals surface area contributed by atoms with Crippen molar-refractivity contribution in [1.29, 1.82) is 0 Å². The molecule has 0 saturated heterocycles. The van der Waals surface area contributed by atoms with Crippen LogP contribution in [-0.2, 0) is 11.3 Å². The molecule has 2 atom stereocenters. The first-order valence-corrected chi connectivity index (χ1v) is 5.01. The summed E-state index contributed by atoms with van der Waals surface area (Å²) in [7, 11) is 0. The average molecular weight is 254 g/mol. The van der Waals surface area contributed by atoms with Gasteiger partial charge < -0.3 is 14.4 Å². The number of rotatable bonds is 5. The fraction of sp³-hybridized carbons (Fsp3) is 0.778. The van der Waals surface area contributed by atoms with Crippen LogP contribution in [0.3, 0.4) is 0 Å². The number of alkyl halides is 3. The number of hydrogen-bond acceptors (Lipinski definition) is 5. The molecule has 0 spiro atoms. The van der Waals surface area contributed by atoms with Gasteiger partial charge >= 0.3 is 6.18 Å². The lowest BCUT2D eigenvalue weighted by Crippen LogP contribution is -2.33. The highest BCUT2D eigenvalue weighted by Crippen LogP contribution is 2.30. The van der Waals surface area contributed by atoms with E-state index in [9.17, 15) is 13.2 Å². The first-order valence-electron chi connectivity index (χ1n) is 5.01. The Labute approximate surface area is 95.6 Å². The Balaban J connectivity index is 2.69. The highest BCUT2D eigenvalue weighted by atomic mass is 19.4. The van der Waals surface area contributed by atoms with Crippen LogP contribution in [0.4, 0.5) is 13.2 Å². The van der Waals surface area contributed by atoms with E-state index in [-0.39, 0.29) is 18.3 Å². The molecule has 0 aliphatic carbocycles. The van der Waals surface area contributed by atoms with Gasteiger partial charge in [-0.3, -0.25) is 0 Å². The molecule has 8 heteroatoms. The number of aliphatic hydroxyl groups excluding tert-OH is 1. The molecule has 0 aliphatic rings. The first kappa shape index (κ1) is 13.9. The second kappa shape index (κ2) is 5.46. The molecule has 1 aromatic heterocycles. The number of hydrogen-bond donors (Lipinski definition) is 1. The second-order valence-electron chi connectivity index (χ2n) is 3.46. The first-order chi connectivity index (χ1) is 7.86. The van der Waals surface area contributed by atoms with Gasteiger partial charge in [0.2, 0.25) is 5.89 Å². The van der Waals surface area contributed by atoms with Gasteiger partial charge in [0.25, 0.3) is 0 Å². The lowest BCUT2D eigenvalue weighted by molar-refractivity contribution is -0.210. The van der Waals surface area contributed by atoms with E-state index in [1.807, 2.05) is 0 Å². The molecule has 1 N–H and O–H groups in total. The molecule has 0 bridgehead atoms. The summed E-state index contributed by atoms with van der Waals surface area (Å²) < 4.78 is 46.3. The third-order valence-electron chi connectivity index (χ3n) is 2.12. The van der Waals surface area contributed by atoms with Crippen LogP contribution in [0.2, 0.25) is 0 Å². The summed E-state index contributed by atoms with van der Waals surface area (Å²) in [5.74, 6) is -1.41. The minimum absolute atomic E-state index is 0.0643. The molecule has 0 aliphatic heterocycles. The van der Waals surface area contributed by atoms with Gasteiger partial charge in [0.1, 0.15) is 6.61 Å². The molecule has 0 radical (unpaired) electrons. The fourth-order valence-electron chi connectivity index (χ4n) is 1.12. The van der Waals surface area contributed by atoms with Gasteiger partial charge in [0, 0.05) is 6.61 Å². The van der Waals surface area contributed by atoms with Crippen molar-refractivity contribution in [3.8, 4) is 0 Å². The molecule has 17 heavy (non-hydrogen) atoms. The maximum Gasteiger partial charge on any atom is 0.415 e. The van der Waals surface area contributed by atoms with Crippen LogP contribution in [0.5, 0.6) is 0 Å². The van der Waals surface area contributed by atoms with Crippen LogP contribution >= 0.6 is 0 Å². The lowest BCUT2D eigenvalue weighted by Gasteiger charge is -2.17. The number of nitrogens with zero attached hydrogens (tertiary/aromatic N) is 2. The van der Waals surface area contributed by atoms with Crippen LogP contribution in [0.25, 0.3) is 0 Å². The minimum atomic E-state index is -4.71. The molecule has 0 aromatic carbocycles. The van der Waals surface area contributed by atoms with Crippen molar-refractivity contribution in [1.82, 2.24) is 10.1 Å². The largest absolute Gasteiger partial charge is 0.415 e. The minimum Gasteiger partial charge on any atom is -0.383 e. The Bertz CT molecular complexity index is 354. The molecule has 0 amide bonds. The highest BCUT2D eigenvalue weighted by Gasteiger charge is 2.44. The quantitative estimate of drug-likeness (QED) is 0.864. The van der Waals surface area contributed by atoms with Gasteiger partial charge in [0.05, 0.1) is 5.92 Å². The summed E-state index contributed by atoms with van der Waals surface area (Å²) in [5, 5.41) is 12.5. The molecule has 5 nitrogen and oxygen atoms in total. The summed E-state index contributed by atoms with van der Waals surface area (Å²) in [4.78, 5) is 3.72. The summed E-state index contributed by atoms with van der Waals surface area (Å²) >= 11 is 0. The third-order valence-corrected chi connectivity index (χ3v) is 2.12. The van der Waals surface area contributed by atoms with Gasteiger partial charge in [-0.05, 0) is 6.92 Å². The Kier molecular flexibility index (Phi) is 4.47. The maximum absolute atomic E-state index is 12.2. The van der Waals surface area contributed by atoms with Crippen molar-refractivity contribution in [3.63, 3.8) is 0 Å². The standard InChI is InChI=1S/C9H13F3N2O3/c1-3-16-4-6-13-8(17-14-6)5(2)7(15)9(10,11)12/h5,7,15H,3-4H2,1-2H3. The van der Waals surface area contributed by atoms with Gasteiger partial charge in [-0.2, -0.15) is 18.2 Å². The fourth-order valence-corrected chi connectivity index (χ4v) is 1.12. The van der Waals surface area contributed by atoms with Crippen LogP contribution in [0.1, 0.15) is 31.5 Å². The number of halogens is 3. The normalized spacial score (nSPS) is 15.9. The van der Waals surface area contributed by atoms with Crippen molar-refractivity contribution in [2.75, 3.05) is 6.61 Å². The van der Waals surface area contributed by atoms with Gasteiger partial charge in [-0.1, -0.05) is 12.1 Å². The van der Waals surface area contributed by atoms with Crippen molar-refractivity contribution < 1.29 is 27.5 Å². The van der Waals surface area contributed by atoms with Crippen LogP contribution in [0.15, 0.2) is 4.52 Å². The molecule has 0 fully saturated rings. The van der Waals surface area contributed by atoms with Gasteiger partial charge in [-0.15, -0.1) is 0 Å². The van der Waals surface area contributed by atoms with E-state index in [0.29, 0.717) is 6.61 Å². The molecular weight excluding hydrogens is 241 g/mol. The number of aliphatic hydroxyl groups is 1. The summed E-state index contributed by atoms with van der Waals surface area (Å²) in [6.07, 6.45) is -7.24. The van der Waals surface area contributed by atoms with Crippen LogP contribution in [-0.4, -0.2) is 34.1 Å². The Hall–Kier alpha value is -1.15. The van der Waals surface area contributed by atoms with E-state index in [1.54, 1.807) is 6.92 Å². The van der Waals surface area contributed by atoms with Crippen molar-refractivity contribution in [2.45, 2.75) is 38.7 Å². The molecular formula is C9H13F3N2O3. The van der Waals surface area contributed by atoms with E-state index in [0.717, 1.165) is 6.92 Å². The van der Waals surface area contributed by atoms with Gasteiger partial charge in [0.15, 0.2) is 11.9 Å². The van der Waals surface area contributed by atoms with E-state index < -0.39 is 18.2 Å². The second-order valence-corrected chi connectivity index (χ2v) is 3.46. The number of aromatic nitrogens is 2. The maximum atomic E-state index is 12.2. The zero-order chi connectivity index (χ0) is 13.1. The van der Waals surface area contributed by atoms with E-state index >= 15 is 0 Å². The topological polar surface area (TPSA) is 68.4 Å². The highest BCUT2D eigenvalue weighted by molar-refractivity contribution is 4.96. The monoisotopic (exact) mass is 254 g/mol. The Morgan fingerprint density at radius 2 is 2.12 bits per heavy atom. The van der Waals surface area contributed by atoms with Gasteiger partial charge in [-0.25, -0.2) is 0 Å². The molecule has 1 heterocycles. The smallest absolute Gasteiger partial charge is 0.383 e. The predicted octanol–water partition coefficient (Wildman–Crippen LogP) is 1.63. The molecule has 0 saturated carbocycles. The predicted molar refractivity (Wildman–Crippen MR) is 50.1 cm³/mol. The van der Waals surface area contributed by atoms with Crippen molar-refractivity contribution in [2.24, 2.45) is 0 Å². The van der Waals surface area contributed by atoms with E-state index in [4.69, 9.17) is 9.84 Å². The van der Waals surface area contributed by atoms with Crippen LogP contribution < -0.4 is 0 Å². The third kappa shape index (κ3) is 3.67. The zero-order valence-corrected chi connectivity index (χ0v) is 9.36. The average Bonchev–Trinajstić information content (AvgIpc) is 2.71. The van der Waals surface area contributed by atoms with Crippen molar-refractivity contribution in [3.05, 3.63) is 11.7 Å². The molecule has 2 unspecified atom stereocenters. The SMILES string of the molecule is CCOCc1noc(C(C)C(O)C(F)(F)F)n1. The van der Waals surface area contributed by atoms with Crippen molar-refractivity contribution >= 4 is 0 Å². The zero-order valence-electron chi connectivity index (χ0n) is 9.36. The molecule has 1 rings (SSSR count). The number of ether oxygens (including phenoxy) is 1. The summed E-state index contributed by atoms with van der Waals surface area (Å²) in [6, 6.07) is 0. The lowest BCUT2D eigenvalue weighted by atomic mass is 10.1. The molecule has 98 valence electrons. The van der Waals surface area contributed by atoms with Crippen LogP contribution in [0, 0.1) is 0 Å². The summed E-state index contributed by atoms with van der Waals surface area (Å²) in [5.41, 5.74) is 0. The Morgan fingerprint density at radius 1 is 1.47 bits per heavy atom. The Morgan fingerprint density at radius 3 is 2.65 bits per heavy atom. The van der Waals surface area contributed by atoms with E-state index in [1.165, 1.54) is 0 Å². The van der Waals surface area contributed by atoms with E-state index in [2.05, 4.69) is 14.7 Å².